The first-order valence-corrected chi connectivity index (χ1v) is 8.07. The minimum Gasteiger partial charge on any atom is -0.504 e. The number of fused-ring (bicyclic) bond motifs is 5. The van der Waals surface area contributed by atoms with Crippen LogP contribution < -0.4 is 5.32 Å². The second kappa shape index (κ2) is 5.03. The Morgan fingerprint density at radius 3 is 2.68 bits per heavy atom. The smallest absolute Gasteiger partial charge is 0.157 e. The third-order valence-corrected chi connectivity index (χ3v) is 5.20. The molecule has 3 nitrogen and oxygen atoms in total. The van der Waals surface area contributed by atoms with Crippen molar-refractivity contribution in [2.24, 2.45) is 0 Å². The quantitative estimate of drug-likeness (QED) is 0.708. The Bertz CT molecular complexity index is 738. The van der Waals surface area contributed by atoms with E-state index in [1.54, 1.807) is 12.1 Å². The van der Waals surface area contributed by atoms with E-state index in [2.05, 4.69) is 30.4 Å². The molecule has 4 rings (SSSR count). The number of rotatable bonds is 1. The maximum Gasteiger partial charge on any atom is 0.157 e. The molecule has 114 valence electrons. The van der Waals surface area contributed by atoms with Gasteiger partial charge in [-0.15, -0.1) is 0 Å². The van der Waals surface area contributed by atoms with Crippen molar-refractivity contribution < 1.29 is 10.2 Å². The zero-order valence-corrected chi connectivity index (χ0v) is 12.8. The van der Waals surface area contributed by atoms with E-state index in [0.717, 1.165) is 36.9 Å². The van der Waals surface area contributed by atoms with Crippen molar-refractivity contribution in [2.45, 2.75) is 44.7 Å². The maximum absolute atomic E-state index is 9.93. The van der Waals surface area contributed by atoms with E-state index in [4.69, 9.17) is 0 Å². The zero-order valence-electron chi connectivity index (χ0n) is 12.8. The van der Waals surface area contributed by atoms with Gasteiger partial charge in [0, 0.05) is 18.5 Å². The summed E-state index contributed by atoms with van der Waals surface area (Å²) in [7, 11) is 0. The molecule has 2 aromatic carbocycles. The Kier molecular flexibility index (Phi) is 3.12. The first-order chi connectivity index (χ1) is 10.7. The van der Waals surface area contributed by atoms with E-state index in [-0.39, 0.29) is 17.4 Å². The largest absolute Gasteiger partial charge is 0.504 e. The molecule has 0 saturated heterocycles. The fourth-order valence-corrected chi connectivity index (χ4v) is 4.02. The average molecular weight is 295 g/mol. The lowest BCUT2D eigenvalue weighted by atomic mass is 9.72. The van der Waals surface area contributed by atoms with Crippen LogP contribution in [0.1, 0.15) is 47.1 Å². The van der Waals surface area contributed by atoms with Gasteiger partial charge in [0.25, 0.3) is 0 Å². The summed E-state index contributed by atoms with van der Waals surface area (Å²) >= 11 is 0. The van der Waals surface area contributed by atoms with Crippen LogP contribution in [0.25, 0.3) is 0 Å². The molecule has 2 aromatic rings. The predicted octanol–water partition coefficient (Wildman–Crippen LogP) is 3.21. The van der Waals surface area contributed by atoms with Gasteiger partial charge < -0.3 is 15.5 Å². The number of phenols is 2. The molecule has 3 N–H and O–H groups in total. The lowest BCUT2D eigenvalue weighted by Gasteiger charge is -2.39. The van der Waals surface area contributed by atoms with Crippen LogP contribution in [-0.4, -0.2) is 16.3 Å². The number of benzene rings is 2. The van der Waals surface area contributed by atoms with Gasteiger partial charge in [0.15, 0.2) is 11.5 Å². The molecule has 0 aromatic heterocycles. The van der Waals surface area contributed by atoms with E-state index < -0.39 is 0 Å². The van der Waals surface area contributed by atoms with Gasteiger partial charge in [0.2, 0.25) is 0 Å². The van der Waals surface area contributed by atoms with Crippen LogP contribution >= 0.6 is 0 Å². The van der Waals surface area contributed by atoms with E-state index in [1.807, 2.05) is 0 Å². The number of hydrogen-bond acceptors (Lipinski definition) is 3. The van der Waals surface area contributed by atoms with Gasteiger partial charge in [-0.3, -0.25) is 0 Å². The summed E-state index contributed by atoms with van der Waals surface area (Å²) in [6, 6.07) is 10.7. The number of hydrogen-bond donors (Lipinski definition) is 3. The lowest BCUT2D eigenvalue weighted by molar-refractivity contribution is 0.380. The monoisotopic (exact) mass is 295 g/mol. The van der Waals surface area contributed by atoms with Crippen LogP contribution in [0, 0.1) is 0 Å². The highest BCUT2D eigenvalue weighted by Gasteiger charge is 2.35. The van der Waals surface area contributed by atoms with Gasteiger partial charge in [-0.1, -0.05) is 25.1 Å². The second-order valence-corrected chi connectivity index (χ2v) is 6.43. The van der Waals surface area contributed by atoms with Gasteiger partial charge in [-0.05, 0) is 59.2 Å². The number of aryl methyl sites for hydroxylation is 2. The van der Waals surface area contributed by atoms with Crippen molar-refractivity contribution in [3.63, 3.8) is 0 Å². The average Bonchev–Trinajstić information content (AvgIpc) is 2.55. The van der Waals surface area contributed by atoms with E-state index in [0.29, 0.717) is 6.04 Å². The first-order valence-electron chi connectivity index (χ1n) is 8.07. The Balaban J connectivity index is 1.87. The van der Waals surface area contributed by atoms with Gasteiger partial charge >= 0.3 is 0 Å². The van der Waals surface area contributed by atoms with Crippen molar-refractivity contribution in [3.8, 4) is 11.5 Å². The molecular formula is C19H21NO2. The van der Waals surface area contributed by atoms with Crippen LogP contribution in [0.4, 0.5) is 0 Å². The van der Waals surface area contributed by atoms with E-state index >= 15 is 0 Å². The molecule has 0 radical (unpaired) electrons. The highest BCUT2D eigenvalue weighted by Crippen LogP contribution is 2.44. The molecule has 2 aliphatic rings. The van der Waals surface area contributed by atoms with Crippen molar-refractivity contribution in [2.75, 3.05) is 0 Å². The molecule has 1 aliphatic carbocycles. The molecule has 0 spiro atoms. The third-order valence-electron chi connectivity index (χ3n) is 5.20. The molecule has 1 heterocycles. The molecule has 3 heteroatoms. The van der Waals surface area contributed by atoms with Gasteiger partial charge in [-0.2, -0.15) is 0 Å². The molecular weight excluding hydrogens is 274 g/mol. The topological polar surface area (TPSA) is 52.5 Å². The Labute approximate surface area is 130 Å². The fraction of sp³-hybridized carbons (Fsp3) is 0.368. The predicted molar refractivity (Wildman–Crippen MR) is 86.4 cm³/mol. The summed E-state index contributed by atoms with van der Waals surface area (Å²) in [5, 5.41) is 23.4. The van der Waals surface area contributed by atoms with Crippen LogP contribution in [0.3, 0.4) is 0 Å². The fourth-order valence-electron chi connectivity index (χ4n) is 4.02. The van der Waals surface area contributed by atoms with Crippen LogP contribution in [0.15, 0.2) is 30.3 Å². The van der Waals surface area contributed by atoms with E-state index in [9.17, 15) is 10.2 Å². The number of nitrogens with one attached hydrogen (secondary N) is 1. The van der Waals surface area contributed by atoms with Gasteiger partial charge in [0.05, 0.1) is 0 Å². The molecule has 0 unspecified atom stereocenters. The van der Waals surface area contributed by atoms with Crippen LogP contribution in [-0.2, 0) is 19.4 Å². The summed E-state index contributed by atoms with van der Waals surface area (Å²) in [4.78, 5) is 0. The first kappa shape index (κ1) is 13.6. The molecule has 0 saturated carbocycles. The highest BCUT2D eigenvalue weighted by atomic mass is 16.3. The molecule has 2 atom stereocenters. The summed E-state index contributed by atoms with van der Waals surface area (Å²) in [6.07, 6.45) is 3.06. The summed E-state index contributed by atoms with van der Waals surface area (Å²) in [5.41, 5.74) is 6.41. The Morgan fingerprint density at radius 2 is 1.86 bits per heavy atom. The zero-order chi connectivity index (χ0) is 15.3. The van der Waals surface area contributed by atoms with Gasteiger partial charge in [0.1, 0.15) is 0 Å². The van der Waals surface area contributed by atoms with Crippen molar-refractivity contribution in [3.05, 3.63) is 58.1 Å². The maximum atomic E-state index is 9.93. The SMILES string of the molecule is CCc1ccc2c(c1)CN[C@@H]1CCc3cc(O)c(O)cc3[C@@H]21. The van der Waals surface area contributed by atoms with Crippen LogP contribution in [0.2, 0.25) is 0 Å². The van der Waals surface area contributed by atoms with Crippen molar-refractivity contribution >= 4 is 0 Å². The molecule has 22 heavy (non-hydrogen) atoms. The molecule has 1 aliphatic heterocycles. The van der Waals surface area contributed by atoms with E-state index in [1.165, 1.54) is 16.7 Å². The Hall–Kier alpha value is -2.00. The summed E-state index contributed by atoms with van der Waals surface area (Å²) in [5.74, 6) is 0.240. The van der Waals surface area contributed by atoms with Crippen molar-refractivity contribution in [1.82, 2.24) is 5.32 Å². The normalized spacial score (nSPS) is 22.6. The lowest BCUT2D eigenvalue weighted by Crippen LogP contribution is -2.42. The van der Waals surface area contributed by atoms with Crippen molar-refractivity contribution in [1.29, 1.82) is 0 Å². The Morgan fingerprint density at radius 1 is 1.05 bits per heavy atom. The minimum atomic E-state index is -0.0169. The van der Waals surface area contributed by atoms with Crippen LogP contribution in [0.5, 0.6) is 11.5 Å². The molecule has 0 fully saturated rings. The molecule has 0 amide bonds. The second-order valence-electron chi connectivity index (χ2n) is 6.43. The minimum absolute atomic E-state index is 0.0116. The number of aromatic hydroxyl groups is 2. The standard InChI is InChI=1S/C19H21NO2/c1-2-11-3-5-14-13(7-11)10-20-16-6-4-12-8-17(21)18(22)9-15(12)19(14)16/h3,5,7-9,16,19-22H,2,4,6,10H2,1H3/t16-,19-/m1/s1. The summed E-state index contributed by atoms with van der Waals surface area (Å²) < 4.78 is 0. The van der Waals surface area contributed by atoms with Gasteiger partial charge in [-0.25, -0.2) is 0 Å². The highest BCUT2D eigenvalue weighted by molar-refractivity contribution is 5.53. The molecule has 0 bridgehead atoms. The number of phenolic OH excluding ortho intramolecular Hbond substituents is 2. The third kappa shape index (κ3) is 2.00. The summed E-state index contributed by atoms with van der Waals surface area (Å²) in [6.45, 7) is 3.10.